The number of aliphatic hydroxyl groups is 1. The van der Waals surface area contributed by atoms with E-state index in [9.17, 15) is 14.7 Å². The summed E-state index contributed by atoms with van der Waals surface area (Å²) in [5.41, 5.74) is 5.10. The number of rotatable bonds is 12. The van der Waals surface area contributed by atoms with Crippen LogP contribution in [-0.4, -0.2) is 52.8 Å². The van der Waals surface area contributed by atoms with Crippen LogP contribution in [0.3, 0.4) is 0 Å². The summed E-state index contributed by atoms with van der Waals surface area (Å²) in [6.45, 7) is 3.06. The van der Waals surface area contributed by atoms with Crippen molar-refractivity contribution < 1.29 is 29.4 Å². The molecule has 41 heavy (non-hydrogen) atoms. The van der Waals surface area contributed by atoms with Crippen LogP contribution in [0.4, 0.5) is 5.69 Å². The maximum atomic E-state index is 12.6. The lowest BCUT2D eigenvalue weighted by Crippen LogP contribution is -2.40. The molecule has 0 spiro atoms. The van der Waals surface area contributed by atoms with Crippen LogP contribution in [0.1, 0.15) is 99.7 Å². The molecule has 224 valence electrons. The second-order valence-electron chi connectivity index (χ2n) is 11.2. The highest BCUT2D eigenvalue weighted by Crippen LogP contribution is 2.38. The molecule has 2 amide bonds. The van der Waals surface area contributed by atoms with Crippen LogP contribution in [0, 0.1) is 0 Å². The Bertz CT molecular complexity index is 1090. The Morgan fingerprint density at radius 2 is 1.56 bits per heavy atom. The number of amides is 2. The van der Waals surface area contributed by atoms with Crippen molar-refractivity contribution in [1.29, 1.82) is 0 Å². The summed E-state index contributed by atoms with van der Waals surface area (Å²) in [4.78, 5) is 26.2. The maximum absolute atomic E-state index is 12.6. The lowest BCUT2D eigenvalue weighted by molar-refractivity contribution is -0.253. The fourth-order valence-corrected chi connectivity index (χ4v) is 5.61. The molecule has 2 aliphatic rings. The Morgan fingerprint density at radius 1 is 0.854 bits per heavy atom. The second-order valence-corrected chi connectivity index (χ2v) is 11.2. The molecular formula is C32H45N3O6. The first kappa shape index (κ1) is 31.1. The van der Waals surface area contributed by atoms with E-state index in [1.54, 1.807) is 5.48 Å². The quantitative estimate of drug-likeness (QED) is 0.154. The van der Waals surface area contributed by atoms with Crippen molar-refractivity contribution in [1.82, 2.24) is 10.4 Å². The number of hydroxylamine groups is 1. The SMILES string of the molecule is O=C(CCCCCC(=O)Nc1cccc([C@H]2O[C@@H](CN3CCCCCCC3)C[C@@H](c3ccc(CO)cc3)O2)c1)NO. The molecule has 0 unspecified atom stereocenters. The van der Waals surface area contributed by atoms with Crippen molar-refractivity contribution in [2.24, 2.45) is 0 Å². The normalized spacial score (nSPS) is 22.0. The van der Waals surface area contributed by atoms with Gasteiger partial charge in [0.2, 0.25) is 11.8 Å². The monoisotopic (exact) mass is 567 g/mol. The third-order valence-corrected chi connectivity index (χ3v) is 7.90. The lowest BCUT2D eigenvalue weighted by atomic mass is 9.99. The molecule has 2 aromatic rings. The van der Waals surface area contributed by atoms with Crippen LogP contribution < -0.4 is 10.8 Å². The highest BCUT2D eigenvalue weighted by molar-refractivity contribution is 5.90. The van der Waals surface area contributed by atoms with Crippen LogP contribution in [-0.2, 0) is 25.7 Å². The number of unbranched alkanes of at least 4 members (excludes halogenated alkanes) is 2. The van der Waals surface area contributed by atoms with Gasteiger partial charge in [-0.2, -0.15) is 0 Å². The molecule has 9 heteroatoms. The van der Waals surface area contributed by atoms with Gasteiger partial charge >= 0.3 is 0 Å². The lowest BCUT2D eigenvalue weighted by Gasteiger charge is -2.39. The topological polar surface area (TPSA) is 120 Å². The van der Waals surface area contributed by atoms with Crippen molar-refractivity contribution in [3.8, 4) is 0 Å². The number of hydrogen-bond acceptors (Lipinski definition) is 7. The fourth-order valence-electron chi connectivity index (χ4n) is 5.61. The van der Waals surface area contributed by atoms with Gasteiger partial charge in [-0.1, -0.05) is 62.1 Å². The molecule has 3 atom stereocenters. The van der Waals surface area contributed by atoms with Crippen LogP contribution in [0.5, 0.6) is 0 Å². The van der Waals surface area contributed by atoms with Gasteiger partial charge in [-0.05, 0) is 62.0 Å². The molecule has 4 N–H and O–H groups in total. The number of carbonyl (C=O) groups is 2. The van der Waals surface area contributed by atoms with Crippen LogP contribution in [0.25, 0.3) is 0 Å². The molecule has 0 radical (unpaired) electrons. The molecule has 0 aliphatic carbocycles. The molecule has 2 aromatic carbocycles. The predicted octanol–water partition coefficient (Wildman–Crippen LogP) is 5.38. The number of ether oxygens (including phenoxy) is 2. The molecule has 0 bridgehead atoms. The molecule has 4 rings (SSSR count). The van der Waals surface area contributed by atoms with Gasteiger partial charge in [0.05, 0.1) is 18.8 Å². The summed E-state index contributed by atoms with van der Waals surface area (Å²) in [6.07, 6.45) is 8.98. The zero-order valence-electron chi connectivity index (χ0n) is 23.9. The average Bonchev–Trinajstić information content (AvgIpc) is 2.98. The van der Waals surface area contributed by atoms with Gasteiger partial charge in [-0.25, -0.2) is 5.48 Å². The Morgan fingerprint density at radius 3 is 2.27 bits per heavy atom. The van der Waals surface area contributed by atoms with Crippen molar-refractivity contribution >= 4 is 17.5 Å². The van der Waals surface area contributed by atoms with Gasteiger partial charge in [0, 0.05) is 37.1 Å². The number of carbonyl (C=O) groups excluding carboxylic acids is 2. The van der Waals surface area contributed by atoms with Crippen molar-refractivity contribution in [3.05, 3.63) is 65.2 Å². The van der Waals surface area contributed by atoms with Crippen LogP contribution in [0.2, 0.25) is 0 Å². The molecule has 0 saturated carbocycles. The third kappa shape index (κ3) is 10.2. The van der Waals surface area contributed by atoms with Gasteiger partial charge < -0.3 is 24.8 Å². The first-order valence-corrected chi connectivity index (χ1v) is 15.1. The summed E-state index contributed by atoms with van der Waals surface area (Å²) < 4.78 is 13.1. The minimum absolute atomic E-state index is 0.00172. The van der Waals surface area contributed by atoms with E-state index in [4.69, 9.17) is 14.7 Å². The van der Waals surface area contributed by atoms with E-state index in [1.165, 1.54) is 32.1 Å². The van der Waals surface area contributed by atoms with Gasteiger partial charge in [0.25, 0.3) is 0 Å². The summed E-state index contributed by atoms with van der Waals surface area (Å²) in [5.74, 6) is -0.497. The number of hydrogen-bond donors (Lipinski definition) is 4. The van der Waals surface area contributed by atoms with E-state index >= 15 is 0 Å². The Kier molecular flexibility index (Phi) is 12.6. The van der Waals surface area contributed by atoms with Gasteiger partial charge in [0.1, 0.15) is 0 Å². The zero-order chi connectivity index (χ0) is 28.9. The summed E-state index contributed by atoms with van der Waals surface area (Å²) in [5, 5.41) is 21.0. The second kappa shape index (κ2) is 16.6. The third-order valence-electron chi connectivity index (χ3n) is 7.90. The molecule has 2 heterocycles. The fraction of sp³-hybridized carbons (Fsp3) is 0.562. The highest BCUT2D eigenvalue weighted by Gasteiger charge is 2.33. The summed E-state index contributed by atoms with van der Waals surface area (Å²) >= 11 is 0. The predicted molar refractivity (Wildman–Crippen MR) is 156 cm³/mol. The first-order valence-electron chi connectivity index (χ1n) is 15.1. The van der Waals surface area contributed by atoms with Gasteiger partial charge in [-0.3, -0.25) is 14.8 Å². The Balaban J connectivity index is 1.40. The van der Waals surface area contributed by atoms with E-state index in [0.29, 0.717) is 24.9 Å². The molecule has 2 aliphatic heterocycles. The molecule has 9 nitrogen and oxygen atoms in total. The largest absolute Gasteiger partial charge is 0.392 e. The van der Waals surface area contributed by atoms with E-state index < -0.39 is 12.2 Å². The molecule has 0 aromatic heterocycles. The number of nitrogens with one attached hydrogen (secondary N) is 2. The highest BCUT2D eigenvalue weighted by atomic mass is 16.7. The van der Waals surface area contributed by atoms with E-state index in [2.05, 4.69) is 10.2 Å². The summed E-state index contributed by atoms with van der Waals surface area (Å²) in [6, 6.07) is 15.6. The minimum atomic E-state index is -0.569. The number of likely N-dealkylation sites (tertiary alicyclic amines) is 1. The van der Waals surface area contributed by atoms with Crippen molar-refractivity contribution in [2.45, 2.75) is 95.7 Å². The number of aliphatic hydroxyl groups excluding tert-OH is 1. The van der Waals surface area contributed by atoms with E-state index in [0.717, 1.165) is 49.2 Å². The molecular weight excluding hydrogens is 522 g/mol. The first-order chi connectivity index (χ1) is 20.0. The van der Waals surface area contributed by atoms with E-state index in [-0.39, 0.29) is 31.1 Å². The average molecular weight is 568 g/mol. The van der Waals surface area contributed by atoms with Gasteiger partial charge in [-0.15, -0.1) is 0 Å². The van der Waals surface area contributed by atoms with E-state index in [1.807, 2.05) is 48.5 Å². The smallest absolute Gasteiger partial charge is 0.243 e. The standard InChI is InChI=1S/C32H45N3O6/c36-23-24-14-16-25(17-15-24)29-21-28(22-35-18-7-2-1-3-8-19-35)40-32(41-29)26-10-9-11-27(20-26)33-30(37)12-5-4-6-13-31(38)34-39/h9-11,14-17,20,28-29,32,36,39H,1-8,12-13,18-19,21-23H2,(H,33,37)(H,34,38)/t28-,29+,32+/m1/s1. The minimum Gasteiger partial charge on any atom is -0.392 e. The molecule has 2 saturated heterocycles. The van der Waals surface area contributed by atoms with Gasteiger partial charge in [0.15, 0.2) is 6.29 Å². The Labute approximate surface area is 243 Å². The number of nitrogens with zero attached hydrogens (tertiary/aromatic N) is 1. The van der Waals surface area contributed by atoms with Crippen LogP contribution in [0.15, 0.2) is 48.5 Å². The Hall–Kier alpha value is -2.82. The number of anilines is 1. The summed E-state index contributed by atoms with van der Waals surface area (Å²) in [7, 11) is 0. The zero-order valence-corrected chi connectivity index (χ0v) is 23.9. The van der Waals surface area contributed by atoms with Crippen LogP contribution >= 0.6 is 0 Å². The maximum Gasteiger partial charge on any atom is 0.243 e. The van der Waals surface area contributed by atoms with Crippen molar-refractivity contribution in [3.63, 3.8) is 0 Å². The van der Waals surface area contributed by atoms with Crippen molar-refractivity contribution in [2.75, 3.05) is 25.0 Å². The molecule has 2 fully saturated rings. The number of benzene rings is 2.